The van der Waals surface area contributed by atoms with Crippen LogP contribution in [0, 0.1) is 0 Å². The zero-order valence-electron chi connectivity index (χ0n) is 10.2. The minimum Gasteiger partial charge on any atom is -0.368 e. The number of hydrogen-bond donors (Lipinski definition) is 2. The van der Waals surface area contributed by atoms with Gasteiger partial charge in [-0.05, 0) is 12.5 Å². The Morgan fingerprint density at radius 3 is 3.11 bits per heavy atom. The van der Waals surface area contributed by atoms with Gasteiger partial charge >= 0.3 is 0 Å². The Hall–Kier alpha value is -2.28. The molecular formula is C12H13N7. The lowest BCUT2D eigenvalue weighted by molar-refractivity contribution is 0.752. The molecule has 7 heteroatoms. The number of rotatable bonds is 1. The van der Waals surface area contributed by atoms with Crippen LogP contribution in [0.3, 0.4) is 0 Å². The predicted molar refractivity (Wildman–Crippen MR) is 71.8 cm³/mol. The van der Waals surface area contributed by atoms with E-state index < -0.39 is 0 Å². The topological polar surface area (TPSA) is 96.6 Å². The van der Waals surface area contributed by atoms with Crippen molar-refractivity contribution in [2.45, 2.75) is 12.5 Å². The lowest BCUT2D eigenvalue weighted by Gasteiger charge is -2.19. The highest BCUT2D eigenvalue weighted by Crippen LogP contribution is 2.30. The summed E-state index contributed by atoms with van der Waals surface area (Å²) in [5.41, 5.74) is 8.37. The van der Waals surface area contributed by atoms with Gasteiger partial charge in [0, 0.05) is 30.7 Å². The molecule has 0 spiro atoms. The Morgan fingerprint density at radius 1 is 1.32 bits per heavy atom. The quantitative estimate of drug-likeness (QED) is 0.655. The van der Waals surface area contributed by atoms with Gasteiger partial charge in [-0.2, -0.15) is 5.10 Å². The number of hydrogen-bond acceptors (Lipinski definition) is 6. The van der Waals surface area contributed by atoms with Crippen LogP contribution in [0.4, 0.5) is 5.69 Å². The first-order chi connectivity index (χ1) is 9.33. The number of nitrogens with zero attached hydrogens (tertiary/aromatic N) is 5. The summed E-state index contributed by atoms with van der Waals surface area (Å²) in [5, 5.41) is 18.3. The minimum atomic E-state index is 0.222. The number of anilines is 1. The number of nitrogens with one attached hydrogen (secondary N) is 1. The molecule has 7 nitrogen and oxygen atoms in total. The van der Waals surface area contributed by atoms with E-state index in [1.807, 2.05) is 12.3 Å². The zero-order chi connectivity index (χ0) is 12.8. The maximum absolute atomic E-state index is 5.99. The number of aromatic amines is 1. The number of aromatic nitrogens is 5. The van der Waals surface area contributed by atoms with Gasteiger partial charge in [-0.1, -0.05) is 0 Å². The first-order valence-electron chi connectivity index (χ1n) is 6.28. The molecule has 1 atom stereocenters. The molecule has 4 heterocycles. The molecule has 96 valence electrons. The molecule has 0 amide bonds. The average Bonchev–Trinajstić information content (AvgIpc) is 3.06. The van der Waals surface area contributed by atoms with Crippen LogP contribution in [0.5, 0.6) is 0 Å². The summed E-state index contributed by atoms with van der Waals surface area (Å²) < 4.78 is 0. The fraction of sp³-hybridized carbons (Fsp3) is 0.333. The smallest absolute Gasteiger partial charge is 0.206 e. The normalized spacial score (nSPS) is 19.6. The second-order valence-electron chi connectivity index (χ2n) is 4.86. The molecule has 1 saturated heterocycles. The van der Waals surface area contributed by atoms with Crippen molar-refractivity contribution in [1.82, 2.24) is 25.4 Å². The number of fused-ring (bicyclic) bond motifs is 3. The van der Waals surface area contributed by atoms with Crippen molar-refractivity contribution in [2.75, 3.05) is 18.0 Å². The molecule has 1 aliphatic rings. The lowest BCUT2D eigenvalue weighted by atomic mass is 10.2. The molecule has 19 heavy (non-hydrogen) atoms. The summed E-state index contributed by atoms with van der Waals surface area (Å²) in [5.74, 6) is 0. The summed E-state index contributed by atoms with van der Waals surface area (Å²) in [6, 6.07) is 2.22. The van der Waals surface area contributed by atoms with Gasteiger partial charge < -0.3 is 15.6 Å². The largest absolute Gasteiger partial charge is 0.368 e. The fourth-order valence-electron chi connectivity index (χ4n) is 2.68. The van der Waals surface area contributed by atoms with Crippen LogP contribution in [0.2, 0.25) is 0 Å². The second kappa shape index (κ2) is 3.86. The zero-order valence-corrected chi connectivity index (χ0v) is 10.2. The molecule has 3 aromatic heterocycles. The Balaban J connectivity index is 2.01. The lowest BCUT2D eigenvalue weighted by Crippen LogP contribution is -2.26. The molecule has 4 rings (SSSR count). The highest BCUT2D eigenvalue weighted by molar-refractivity contribution is 6.08. The molecule has 0 radical (unpaired) electrons. The third-order valence-corrected chi connectivity index (χ3v) is 3.62. The Bertz CT molecular complexity index is 750. The van der Waals surface area contributed by atoms with Crippen molar-refractivity contribution in [3.63, 3.8) is 0 Å². The summed E-state index contributed by atoms with van der Waals surface area (Å²) >= 11 is 0. The molecule has 1 unspecified atom stereocenters. The molecule has 0 saturated carbocycles. The van der Waals surface area contributed by atoms with Crippen LogP contribution in [-0.4, -0.2) is 44.5 Å². The van der Waals surface area contributed by atoms with Crippen LogP contribution in [0.1, 0.15) is 6.42 Å². The van der Waals surface area contributed by atoms with E-state index >= 15 is 0 Å². The Labute approximate surface area is 108 Å². The summed E-state index contributed by atoms with van der Waals surface area (Å²) in [6.45, 7) is 1.78. The molecule has 0 aromatic carbocycles. The highest BCUT2D eigenvalue weighted by Gasteiger charge is 2.23. The molecule has 3 aromatic rings. The summed E-state index contributed by atoms with van der Waals surface area (Å²) in [7, 11) is 0. The van der Waals surface area contributed by atoms with Crippen molar-refractivity contribution in [3.8, 4) is 0 Å². The first kappa shape index (κ1) is 10.6. The number of H-pyrrole nitrogens is 1. The van der Waals surface area contributed by atoms with Gasteiger partial charge in [0.2, 0.25) is 5.65 Å². The van der Waals surface area contributed by atoms with E-state index in [4.69, 9.17) is 5.73 Å². The van der Waals surface area contributed by atoms with Crippen molar-refractivity contribution in [1.29, 1.82) is 0 Å². The fourth-order valence-corrected chi connectivity index (χ4v) is 2.68. The molecular weight excluding hydrogens is 242 g/mol. The molecule has 0 aliphatic carbocycles. The van der Waals surface area contributed by atoms with Crippen molar-refractivity contribution in [2.24, 2.45) is 5.73 Å². The molecule has 0 bridgehead atoms. The van der Waals surface area contributed by atoms with Crippen LogP contribution >= 0.6 is 0 Å². The van der Waals surface area contributed by atoms with E-state index in [2.05, 4.69) is 30.3 Å². The highest BCUT2D eigenvalue weighted by atomic mass is 15.2. The van der Waals surface area contributed by atoms with Gasteiger partial charge in [0.15, 0.2) is 5.65 Å². The summed E-state index contributed by atoms with van der Waals surface area (Å²) in [6.07, 6.45) is 4.64. The van der Waals surface area contributed by atoms with E-state index in [0.717, 1.165) is 41.6 Å². The second-order valence-corrected chi connectivity index (χ2v) is 4.86. The predicted octanol–water partition coefficient (Wildman–Crippen LogP) is 0.438. The van der Waals surface area contributed by atoms with E-state index in [-0.39, 0.29) is 6.04 Å². The SMILES string of the molecule is NC1CCN(c2cnnc3nnc4[nH]ccc4c23)C1. The Morgan fingerprint density at radius 2 is 2.26 bits per heavy atom. The minimum absolute atomic E-state index is 0.222. The monoisotopic (exact) mass is 255 g/mol. The van der Waals surface area contributed by atoms with E-state index in [1.165, 1.54) is 0 Å². The van der Waals surface area contributed by atoms with Crippen LogP contribution in [0.15, 0.2) is 18.5 Å². The van der Waals surface area contributed by atoms with Crippen molar-refractivity contribution in [3.05, 3.63) is 18.5 Å². The standard InChI is InChI=1S/C12H13N7/c13-7-2-4-19(6-7)9-5-15-16-12-10(9)8-1-3-14-11(8)17-18-12/h1,3,5,7H,2,4,6,13H2,(H,14,17). The van der Waals surface area contributed by atoms with E-state index in [9.17, 15) is 0 Å². The first-order valence-corrected chi connectivity index (χ1v) is 6.28. The van der Waals surface area contributed by atoms with Crippen LogP contribution in [0.25, 0.3) is 22.1 Å². The van der Waals surface area contributed by atoms with Gasteiger partial charge in [-0.15, -0.1) is 15.3 Å². The van der Waals surface area contributed by atoms with Gasteiger partial charge in [-0.25, -0.2) is 0 Å². The van der Waals surface area contributed by atoms with Crippen molar-refractivity contribution < 1.29 is 0 Å². The third-order valence-electron chi connectivity index (χ3n) is 3.62. The van der Waals surface area contributed by atoms with E-state index in [0.29, 0.717) is 5.65 Å². The third kappa shape index (κ3) is 1.55. The van der Waals surface area contributed by atoms with Gasteiger partial charge in [0.05, 0.1) is 17.3 Å². The van der Waals surface area contributed by atoms with Crippen molar-refractivity contribution >= 4 is 27.8 Å². The van der Waals surface area contributed by atoms with Crippen LogP contribution in [-0.2, 0) is 0 Å². The van der Waals surface area contributed by atoms with Crippen LogP contribution < -0.4 is 10.6 Å². The maximum Gasteiger partial charge on any atom is 0.206 e. The average molecular weight is 255 g/mol. The molecule has 1 aliphatic heterocycles. The number of nitrogens with two attached hydrogens (primary N) is 1. The molecule has 3 N–H and O–H groups in total. The van der Waals surface area contributed by atoms with Gasteiger partial charge in [-0.3, -0.25) is 0 Å². The van der Waals surface area contributed by atoms with E-state index in [1.54, 1.807) is 6.20 Å². The summed E-state index contributed by atoms with van der Waals surface area (Å²) in [4.78, 5) is 5.32. The van der Waals surface area contributed by atoms with Gasteiger partial charge in [0.1, 0.15) is 0 Å². The molecule has 1 fully saturated rings. The maximum atomic E-state index is 5.99. The Kier molecular flexibility index (Phi) is 2.16. The van der Waals surface area contributed by atoms with Gasteiger partial charge in [0.25, 0.3) is 0 Å².